The van der Waals surface area contributed by atoms with Crippen LogP contribution >= 0.6 is 11.3 Å². The highest BCUT2D eigenvalue weighted by molar-refractivity contribution is 7.13. The van der Waals surface area contributed by atoms with Gasteiger partial charge in [-0.05, 0) is 92.2 Å². The van der Waals surface area contributed by atoms with Crippen molar-refractivity contribution in [1.29, 1.82) is 0 Å². The van der Waals surface area contributed by atoms with Gasteiger partial charge < -0.3 is 34.9 Å². The number of carbonyl (C=O) groups excluding carboxylic acids is 3. The van der Waals surface area contributed by atoms with E-state index >= 15 is 13.2 Å². The second-order valence-corrected chi connectivity index (χ2v) is 21.4. The van der Waals surface area contributed by atoms with Gasteiger partial charge in [0.15, 0.2) is 0 Å². The zero-order chi connectivity index (χ0) is 50.3. The summed E-state index contributed by atoms with van der Waals surface area (Å²) in [5.74, 6) is -2.70. The average Bonchev–Trinajstić information content (AvgIpc) is 4.02. The lowest BCUT2D eigenvalue weighted by Gasteiger charge is -2.44. The predicted molar refractivity (Wildman–Crippen MR) is 265 cm³/mol. The molecule has 1 fully saturated rings. The average molecular weight is 988 g/mol. The van der Waals surface area contributed by atoms with Crippen LogP contribution in [0.2, 0.25) is 0 Å². The molecule has 12 nitrogen and oxygen atoms in total. The van der Waals surface area contributed by atoms with Gasteiger partial charge in [-0.25, -0.2) is 18.2 Å². The number of rotatable bonds is 21. The number of aliphatic hydroxyl groups excluding tert-OH is 1. The summed E-state index contributed by atoms with van der Waals surface area (Å²) in [6.07, 6.45) is 2.18. The number of nitrogens with one attached hydrogen (secondary N) is 2. The number of aryl methyl sites for hydroxylation is 1. The minimum atomic E-state index is -1.57. The number of β-amino-alcohol motifs (C(OH)–C–C–N with tert-alkyl or cyclic N) is 1. The molecule has 70 heavy (non-hydrogen) atoms. The van der Waals surface area contributed by atoms with Crippen molar-refractivity contribution in [2.45, 2.75) is 129 Å². The summed E-state index contributed by atoms with van der Waals surface area (Å²) in [7, 11) is 0. The van der Waals surface area contributed by atoms with E-state index in [1.165, 1.54) is 30.9 Å². The molecule has 3 amide bonds. The number of nitrogens with zero attached hydrogens (tertiary/aromatic N) is 3. The molecule has 1 aliphatic carbocycles. The van der Waals surface area contributed by atoms with Crippen LogP contribution in [0, 0.1) is 24.0 Å². The summed E-state index contributed by atoms with van der Waals surface area (Å²) in [5, 5.41) is 16.3. The van der Waals surface area contributed by atoms with Crippen molar-refractivity contribution >= 4 is 34.6 Å². The fourth-order valence-corrected chi connectivity index (χ4v) is 10.6. The van der Waals surface area contributed by atoms with Gasteiger partial charge in [0, 0.05) is 76.0 Å². The number of fused-ring (bicyclic) bond motifs is 2. The maximum atomic E-state index is 16.1. The zero-order valence-corrected chi connectivity index (χ0v) is 42.2. The van der Waals surface area contributed by atoms with Crippen LogP contribution in [-0.2, 0) is 36.8 Å². The maximum absolute atomic E-state index is 16.1. The number of amides is 3. The van der Waals surface area contributed by atoms with E-state index in [0.717, 1.165) is 44.0 Å². The van der Waals surface area contributed by atoms with Crippen LogP contribution in [0.15, 0.2) is 71.7 Å². The van der Waals surface area contributed by atoms with Crippen molar-refractivity contribution < 1.29 is 46.9 Å². The van der Waals surface area contributed by atoms with E-state index < -0.39 is 58.8 Å². The number of ether oxygens (including phenoxy) is 3. The lowest BCUT2D eigenvalue weighted by molar-refractivity contribution is -0.144. The third kappa shape index (κ3) is 13.0. The van der Waals surface area contributed by atoms with Crippen molar-refractivity contribution in [3.8, 4) is 16.2 Å². The molecule has 0 spiro atoms. The highest BCUT2D eigenvalue weighted by Crippen LogP contribution is 2.50. The number of unbranched alkanes of at least 4 members (excludes halogenated alkanes) is 1. The van der Waals surface area contributed by atoms with Crippen molar-refractivity contribution in [3.63, 3.8) is 0 Å². The van der Waals surface area contributed by atoms with Crippen molar-refractivity contribution in [2.75, 3.05) is 46.1 Å². The Balaban J connectivity index is 0.804. The molecule has 5 atom stereocenters. The highest BCUT2D eigenvalue weighted by atomic mass is 32.1. The summed E-state index contributed by atoms with van der Waals surface area (Å²) in [4.78, 5) is 49.1. The maximum Gasteiger partial charge on any atom is 0.246 e. The van der Waals surface area contributed by atoms with E-state index in [4.69, 9.17) is 14.2 Å². The van der Waals surface area contributed by atoms with Crippen LogP contribution < -0.4 is 15.4 Å². The normalized spacial score (nSPS) is 19.8. The molecular formula is C54H68F3N5O7S. The smallest absolute Gasteiger partial charge is 0.246 e. The SMILES string of the molecule is Cc1ncsc1-c1ccc(CNC(=O)[C@@H]2C[C@@H](O)CN2C(=O)[C@@H](NC(=O)COCCCCOCCCOc2cc(F)c([C@@H]3C4=C(C[C@@H](C)N3CC(C)(C)F)c3ccccc3C4)c(F)c2)C(C)(C)C)cc1. The Labute approximate surface area is 414 Å². The van der Waals surface area contributed by atoms with Gasteiger partial charge in [-0.3, -0.25) is 19.3 Å². The lowest BCUT2D eigenvalue weighted by atomic mass is 9.84. The molecule has 3 heterocycles. The van der Waals surface area contributed by atoms with Gasteiger partial charge in [-0.15, -0.1) is 11.3 Å². The molecule has 3 aromatic carbocycles. The summed E-state index contributed by atoms with van der Waals surface area (Å²) in [6.45, 7) is 13.6. The van der Waals surface area contributed by atoms with E-state index in [0.29, 0.717) is 45.3 Å². The Morgan fingerprint density at radius 1 is 0.943 bits per heavy atom. The zero-order valence-electron chi connectivity index (χ0n) is 41.4. The molecule has 3 N–H and O–H groups in total. The first kappa shape index (κ1) is 52.7. The molecule has 16 heteroatoms. The van der Waals surface area contributed by atoms with Crippen LogP contribution in [0.5, 0.6) is 5.75 Å². The first-order chi connectivity index (χ1) is 33.3. The number of alkyl halides is 1. The molecule has 2 aliphatic heterocycles. The largest absolute Gasteiger partial charge is 0.493 e. The van der Waals surface area contributed by atoms with Gasteiger partial charge in [0.05, 0.1) is 34.8 Å². The summed E-state index contributed by atoms with van der Waals surface area (Å²) >= 11 is 1.56. The standard InChI is InChI=1S/C54H68F3N5O7S/c1-33-23-41-40-14-9-8-13-37(40)24-42(41)48(62(33)31-54(6,7)57)47-43(55)26-39(27-44(47)56)69-22-12-21-67-19-10-11-20-68-30-46(64)60-50(53(3,4)5)52(66)61-29-38(63)25-45(61)51(65)58-28-35-15-17-36(18-16-35)49-34(2)59-32-70-49/h8-9,13-18,26-27,32-33,38,45,48,50,63H,10-12,19-25,28-31H2,1-7H3,(H,58,65)(H,60,64)/t33-,38-,45+,48+,50-/m1/s1. The van der Waals surface area contributed by atoms with Crippen molar-refractivity contribution in [1.82, 2.24) is 25.4 Å². The Morgan fingerprint density at radius 2 is 1.63 bits per heavy atom. The van der Waals surface area contributed by atoms with Gasteiger partial charge in [0.2, 0.25) is 17.7 Å². The molecule has 3 aliphatic rings. The topological polar surface area (TPSA) is 143 Å². The van der Waals surface area contributed by atoms with Crippen LogP contribution in [0.1, 0.15) is 108 Å². The number of aliphatic hydroxyl groups is 1. The van der Waals surface area contributed by atoms with Crippen molar-refractivity contribution in [2.24, 2.45) is 5.41 Å². The third-order valence-electron chi connectivity index (χ3n) is 13.2. The number of carbonyl (C=O) groups is 3. The molecule has 1 aromatic heterocycles. The van der Waals surface area contributed by atoms with Crippen LogP contribution in [0.25, 0.3) is 16.0 Å². The van der Waals surface area contributed by atoms with Gasteiger partial charge >= 0.3 is 0 Å². The van der Waals surface area contributed by atoms with Gasteiger partial charge in [-0.2, -0.15) is 0 Å². The number of likely N-dealkylation sites (tertiary alicyclic amines) is 1. The first-order valence-corrected chi connectivity index (χ1v) is 25.2. The van der Waals surface area contributed by atoms with E-state index in [-0.39, 0.29) is 69.1 Å². The van der Waals surface area contributed by atoms with E-state index in [2.05, 4.69) is 21.7 Å². The first-order valence-electron chi connectivity index (χ1n) is 24.4. The Kier molecular flexibility index (Phi) is 17.3. The van der Waals surface area contributed by atoms with E-state index in [1.807, 2.05) is 82.0 Å². The molecular weight excluding hydrogens is 920 g/mol. The van der Waals surface area contributed by atoms with E-state index in [9.17, 15) is 19.5 Å². The number of hydrogen-bond acceptors (Lipinski definition) is 10. The number of hydrogen-bond donors (Lipinski definition) is 3. The molecule has 7 rings (SSSR count). The Morgan fingerprint density at radius 3 is 2.30 bits per heavy atom. The van der Waals surface area contributed by atoms with Gasteiger partial charge in [0.1, 0.15) is 41.7 Å². The van der Waals surface area contributed by atoms with Gasteiger partial charge in [-0.1, -0.05) is 69.3 Å². The molecule has 0 unspecified atom stereocenters. The van der Waals surface area contributed by atoms with Crippen LogP contribution in [0.4, 0.5) is 13.2 Å². The second kappa shape index (κ2) is 23.0. The fraction of sp³-hybridized carbons (Fsp3) is 0.519. The summed E-state index contributed by atoms with van der Waals surface area (Å²) in [6, 6.07) is 15.5. The Hall–Kier alpha value is -5.13. The third-order valence-corrected chi connectivity index (χ3v) is 14.2. The molecule has 4 aromatic rings. The molecule has 0 saturated carbocycles. The van der Waals surface area contributed by atoms with Crippen LogP contribution in [0.3, 0.4) is 0 Å². The van der Waals surface area contributed by atoms with E-state index in [1.54, 1.807) is 16.8 Å². The summed E-state index contributed by atoms with van der Waals surface area (Å²) in [5.41, 5.74) is 6.53. The number of thiazole rings is 1. The van der Waals surface area contributed by atoms with Crippen LogP contribution in [-0.4, -0.2) is 114 Å². The molecule has 0 radical (unpaired) electrons. The second-order valence-electron chi connectivity index (χ2n) is 20.5. The number of halogens is 3. The number of benzene rings is 3. The van der Waals surface area contributed by atoms with Crippen molar-refractivity contribution in [3.05, 3.63) is 111 Å². The fourth-order valence-electron chi connectivity index (χ4n) is 9.76. The Bertz CT molecular complexity index is 2480. The molecule has 378 valence electrons. The monoisotopic (exact) mass is 987 g/mol. The minimum Gasteiger partial charge on any atom is -0.493 e. The highest BCUT2D eigenvalue weighted by Gasteiger charge is 2.45. The van der Waals surface area contributed by atoms with Gasteiger partial charge in [0.25, 0.3) is 0 Å². The lowest BCUT2D eigenvalue weighted by Crippen LogP contribution is -2.58. The summed E-state index contributed by atoms with van der Waals surface area (Å²) < 4.78 is 64.4. The molecule has 1 saturated heterocycles. The molecule has 0 bridgehead atoms. The predicted octanol–water partition coefficient (Wildman–Crippen LogP) is 8.68. The minimum absolute atomic E-state index is 0.0277. The number of aromatic nitrogens is 1. The quantitative estimate of drug-likeness (QED) is 0.0700.